The Bertz CT molecular complexity index is 1520. The van der Waals surface area contributed by atoms with Crippen LogP contribution in [-0.2, 0) is 4.79 Å². The standard InChI is InChI=1S/C32H31N5O2/c1-3-4-19-35(32(39)34-26-17-13-24(21-33)14-18-26)22-30(38)37-28-9-6-5-8-27(28)36-20-7-10-29(36)31(37)25-15-11-23(2)12-16-25/h5-18,20,31H,3-4,19,22H2,1-2H3,(H,34,39). The van der Waals surface area contributed by atoms with E-state index in [9.17, 15) is 9.59 Å². The van der Waals surface area contributed by atoms with Crippen LogP contribution in [0.25, 0.3) is 5.69 Å². The van der Waals surface area contributed by atoms with Crippen molar-refractivity contribution < 1.29 is 9.59 Å². The average molecular weight is 518 g/mol. The van der Waals surface area contributed by atoms with Gasteiger partial charge in [0.15, 0.2) is 0 Å². The molecule has 7 heteroatoms. The molecule has 1 aliphatic rings. The number of nitrogens with one attached hydrogen (secondary N) is 1. The Morgan fingerprint density at radius 1 is 0.949 bits per heavy atom. The van der Waals surface area contributed by atoms with Crippen LogP contribution in [0.5, 0.6) is 0 Å². The largest absolute Gasteiger partial charge is 0.322 e. The number of carbonyl (C=O) groups excluding carboxylic acids is 2. The van der Waals surface area contributed by atoms with Crippen LogP contribution in [0.1, 0.15) is 48.2 Å². The van der Waals surface area contributed by atoms with E-state index in [2.05, 4.69) is 47.1 Å². The van der Waals surface area contributed by atoms with E-state index < -0.39 is 0 Å². The van der Waals surface area contributed by atoms with Crippen molar-refractivity contribution in [2.24, 2.45) is 0 Å². The molecule has 0 spiro atoms. The van der Waals surface area contributed by atoms with Gasteiger partial charge < -0.3 is 14.8 Å². The summed E-state index contributed by atoms with van der Waals surface area (Å²) in [6.45, 7) is 4.48. The number of para-hydroxylation sites is 2. The number of unbranched alkanes of at least 4 members (excludes halogenated alkanes) is 1. The minimum Gasteiger partial charge on any atom is -0.316 e. The van der Waals surface area contributed by atoms with Gasteiger partial charge in [0, 0.05) is 18.4 Å². The Hall–Kier alpha value is -4.83. The fourth-order valence-corrected chi connectivity index (χ4v) is 5.00. The van der Waals surface area contributed by atoms with Crippen LogP contribution in [0.2, 0.25) is 0 Å². The van der Waals surface area contributed by atoms with Crippen molar-refractivity contribution in [3.8, 4) is 11.8 Å². The lowest BCUT2D eigenvalue weighted by Crippen LogP contribution is -2.48. The Morgan fingerprint density at radius 2 is 1.67 bits per heavy atom. The molecule has 3 amide bonds. The first-order chi connectivity index (χ1) is 19.0. The van der Waals surface area contributed by atoms with Crippen molar-refractivity contribution >= 4 is 23.3 Å². The molecule has 1 unspecified atom stereocenters. The van der Waals surface area contributed by atoms with E-state index in [-0.39, 0.29) is 24.5 Å². The van der Waals surface area contributed by atoms with Crippen molar-refractivity contribution in [2.45, 2.75) is 32.7 Å². The number of carbonyl (C=O) groups is 2. The van der Waals surface area contributed by atoms with E-state index in [1.807, 2.05) is 54.4 Å². The van der Waals surface area contributed by atoms with Gasteiger partial charge in [-0.3, -0.25) is 9.69 Å². The first-order valence-electron chi connectivity index (χ1n) is 13.2. The molecule has 2 heterocycles. The maximum absolute atomic E-state index is 14.2. The monoisotopic (exact) mass is 517 g/mol. The molecule has 1 atom stereocenters. The van der Waals surface area contributed by atoms with Crippen LogP contribution < -0.4 is 10.2 Å². The maximum Gasteiger partial charge on any atom is 0.322 e. The Morgan fingerprint density at radius 3 is 2.36 bits per heavy atom. The number of nitrogens with zero attached hydrogens (tertiary/aromatic N) is 4. The summed E-state index contributed by atoms with van der Waals surface area (Å²) in [6.07, 6.45) is 3.69. The van der Waals surface area contributed by atoms with Gasteiger partial charge in [-0.25, -0.2) is 4.79 Å². The van der Waals surface area contributed by atoms with Crippen molar-refractivity contribution in [2.75, 3.05) is 23.3 Å². The number of urea groups is 1. The van der Waals surface area contributed by atoms with E-state index in [1.54, 1.807) is 29.2 Å². The van der Waals surface area contributed by atoms with Gasteiger partial charge in [-0.05, 0) is 67.4 Å². The molecule has 1 aromatic heterocycles. The smallest absolute Gasteiger partial charge is 0.316 e. The van der Waals surface area contributed by atoms with Gasteiger partial charge in [-0.15, -0.1) is 0 Å². The number of aryl methyl sites for hydroxylation is 1. The second-order valence-electron chi connectivity index (χ2n) is 9.76. The summed E-state index contributed by atoms with van der Waals surface area (Å²) < 4.78 is 2.14. The molecule has 196 valence electrons. The second kappa shape index (κ2) is 11.3. The van der Waals surface area contributed by atoms with Crippen LogP contribution in [0.3, 0.4) is 0 Å². The number of rotatable bonds is 7. The van der Waals surface area contributed by atoms with E-state index in [0.717, 1.165) is 41.0 Å². The number of amides is 3. The van der Waals surface area contributed by atoms with Crippen molar-refractivity contribution in [3.63, 3.8) is 0 Å². The number of aromatic nitrogens is 1. The van der Waals surface area contributed by atoms with Crippen molar-refractivity contribution in [1.29, 1.82) is 5.26 Å². The van der Waals surface area contributed by atoms with Crippen LogP contribution in [0, 0.1) is 18.3 Å². The van der Waals surface area contributed by atoms with Crippen molar-refractivity contribution in [3.05, 3.63) is 114 Å². The zero-order valence-corrected chi connectivity index (χ0v) is 22.2. The SMILES string of the molecule is CCCCN(CC(=O)N1c2ccccc2-n2cccc2C1c1ccc(C)cc1)C(=O)Nc1ccc(C#N)cc1. The average Bonchev–Trinajstić information content (AvgIpc) is 3.45. The summed E-state index contributed by atoms with van der Waals surface area (Å²) in [4.78, 5) is 31.0. The Kier molecular flexibility index (Phi) is 7.46. The van der Waals surface area contributed by atoms with Gasteiger partial charge in [-0.1, -0.05) is 55.3 Å². The molecular weight excluding hydrogens is 486 g/mol. The molecule has 0 fully saturated rings. The zero-order chi connectivity index (χ0) is 27.4. The minimum atomic E-state index is -0.345. The Labute approximate surface area is 228 Å². The molecule has 39 heavy (non-hydrogen) atoms. The first kappa shape index (κ1) is 25.8. The van der Waals surface area contributed by atoms with Gasteiger partial charge in [0.2, 0.25) is 5.91 Å². The maximum atomic E-state index is 14.2. The topological polar surface area (TPSA) is 81.4 Å². The highest BCUT2D eigenvalue weighted by Gasteiger charge is 2.36. The van der Waals surface area contributed by atoms with Gasteiger partial charge in [0.05, 0.1) is 28.7 Å². The lowest BCUT2D eigenvalue weighted by Gasteiger charge is -2.39. The number of benzene rings is 3. The molecule has 0 radical (unpaired) electrons. The van der Waals surface area contributed by atoms with Gasteiger partial charge >= 0.3 is 6.03 Å². The van der Waals surface area contributed by atoms with E-state index in [4.69, 9.17) is 5.26 Å². The number of fused-ring (bicyclic) bond motifs is 3. The molecule has 4 aromatic rings. The van der Waals surface area contributed by atoms with Gasteiger partial charge in [-0.2, -0.15) is 5.26 Å². The van der Waals surface area contributed by atoms with Gasteiger partial charge in [0.25, 0.3) is 0 Å². The third kappa shape index (κ3) is 5.27. The molecule has 1 aliphatic heterocycles. The number of hydrogen-bond acceptors (Lipinski definition) is 3. The summed E-state index contributed by atoms with van der Waals surface area (Å²) in [5.41, 5.74) is 5.97. The summed E-state index contributed by atoms with van der Waals surface area (Å²) in [6, 6.07) is 28.3. The van der Waals surface area contributed by atoms with E-state index in [0.29, 0.717) is 17.8 Å². The number of nitriles is 1. The predicted molar refractivity (Wildman–Crippen MR) is 153 cm³/mol. The highest BCUT2D eigenvalue weighted by molar-refractivity contribution is 6.01. The summed E-state index contributed by atoms with van der Waals surface area (Å²) in [7, 11) is 0. The zero-order valence-electron chi connectivity index (χ0n) is 22.2. The molecule has 3 aromatic carbocycles. The minimum absolute atomic E-state index is 0.0699. The summed E-state index contributed by atoms with van der Waals surface area (Å²) in [5, 5.41) is 12.0. The van der Waals surface area contributed by atoms with Crippen LogP contribution in [0.15, 0.2) is 91.1 Å². The molecule has 1 N–H and O–H groups in total. The number of anilines is 2. The molecule has 0 aliphatic carbocycles. The van der Waals surface area contributed by atoms with Crippen LogP contribution in [-0.4, -0.2) is 34.5 Å². The van der Waals surface area contributed by atoms with E-state index >= 15 is 0 Å². The predicted octanol–water partition coefficient (Wildman–Crippen LogP) is 6.43. The lowest BCUT2D eigenvalue weighted by molar-refractivity contribution is -0.119. The lowest BCUT2D eigenvalue weighted by atomic mass is 9.97. The molecule has 5 rings (SSSR count). The quantitative estimate of drug-likeness (QED) is 0.307. The molecule has 0 saturated carbocycles. The third-order valence-electron chi connectivity index (χ3n) is 7.04. The van der Waals surface area contributed by atoms with Crippen LogP contribution >= 0.6 is 0 Å². The molecular formula is C32H31N5O2. The van der Waals surface area contributed by atoms with Crippen molar-refractivity contribution in [1.82, 2.24) is 9.47 Å². The number of hydrogen-bond donors (Lipinski definition) is 1. The highest BCUT2D eigenvalue weighted by atomic mass is 16.2. The fourth-order valence-electron chi connectivity index (χ4n) is 5.00. The molecule has 7 nitrogen and oxygen atoms in total. The third-order valence-corrected chi connectivity index (χ3v) is 7.04. The summed E-state index contributed by atoms with van der Waals surface area (Å²) in [5.74, 6) is -0.161. The van der Waals surface area contributed by atoms with E-state index in [1.165, 1.54) is 0 Å². The fraction of sp³-hybridized carbons (Fsp3) is 0.219. The second-order valence-corrected chi connectivity index (χ2v) is 9.76. The first-order valence-corrected chi connectivity index (χ1v) is 13.2. The van der Waals surface area contributed by atoms with Crippen LogP contribution in [0.4, 0.5) is 16.2 Å². The van der Waals surface area contributed by atoms with Gasteiger partial charge in [0.1, 0.15) is 12.6 Å². The summed E-state index contributed by atoms with van der Waals surface area (Å²) >= 11 is 0. The normalized spacial score (nSPS) is 13.7. The Balaban J connectivity index is 1.48. The molecule has 0 bridgehead atoms. The highest BCUT2D eigenvalue weighted by Crippen LogP contribution is 2.42. The molecule has 0 saturated heterocycles.